The highest BCUT2D eigenvalue weighted by Crippen LogP contribution is 2.16. The molecule has 0 aliphatic carbocycles. The second-order valence-corrected chi connectivity index (χ2v) is 5.11. The molecule has 1 aromatic carbocycles. The molecule has 0 aromatic heterocycles. The molecule has 0 saturated heterocycles. The Bertz CT molecular complexity index is 497. The van der Waals surface area contributed by atoms with Crippen LogP contribution >= 0.6 is 0 Å². The van der Waals surface area contributed by atoms with Crippen molar-refractivity contribution in [2.45, 2.75) is 0 Å². The van der Waals surface area contributed by atoms with Crippen molar-refractivity contribution in [3.05, 3.63) is 29.8 Å². The highest BCUT2D eigenvalue weighted by molar-refractivity contribution is 7.92. The highest BCUT2D eigenvalue weighted by Gasteiger charge is 2.15. The van der Waals surface area contributed by atoms with Gasteiger partial charge in [0, 0.05) is 7.11 Å². The molecule has 94 valence electrons. The first-order chi connectivity index (χ1) is 7.96. The van der Waals surface area contributed by atoms with E-state index in [1.807, 2.05) is 0 Å². The number of carbonyl (C=O) groups is 1. The van der Waals surface area contributed by atoms with Gasteiger partial charge in [-0.1, -0.05) is 12.1 Å². The number of aromatic carboxylic acids is 1. The number of anilines is 1. The third kappa shape index (κ3) is 4.04. The molecule has 0 saturated carbocycles. The minimum atomic E-state index is -3.59. The maximum absolute atomic E-state index is 11.5. The predicted molar refractivity (Wildman–Crippen MR) is 62.7 cm³/mol. The molecule has 0 atom stereocenters. The van der Waals surface area contributed by atoms with Crippen molar-refractivity contribution in [2.24, 2.45) is 0 Å². The number of carboxylic acid groups (broad SMARTS) is 1. The summed E-state index contributed by atoms with van der Waals surface area (Å²) in [5, 5.41) is 8.88. The molecule has 17 heavy (non-hydrogen) atoms. The number of carboxylic acids is 1. The van der Waals surface area contributed by atoms with E-state index >= 15 is 0 Å². The molecule has 0 radical (unpaired) electrons. The van der Waals surface area contributed by atoms with Gasteiger partial charge in [0.2, 0.25) is 10.0 Å². The minimum absolute atomic E-state index is 0.0462. The Balaban J connectivity index is 2.92. The maximum atomic E-state index is 11.5. The number of para-hydroxylation sites is 1. The van der Waals surface area contributed by atoms with E-state index in [9.17, 15) is 13.2 Å². The number of sulfonamides is 1. The third-order valence-corrected chi connectivity index (χ3v) is 3.21. The van der Waals surface area contributed by atoms with Gasteiger partial charge in [0.1, 0.15) is 0 Å². The van der Waals surface area contributed by atoms with Crippen LogP contribution in [0.1, 0.15) is 10.4 Å². The van der Waals surface area contributed by atoms with Crippen LogP contribution in [-0.2, 0) is 14.8 Å². The standard InChI is InChI=1S/C10H13NO5S/c1-16-6-7-17(14,15)11-9-5-3-2-4-8(9)10(12)13/h2-5,11H,6-7H2,1H3,(H,12,13). The average molecular weight is 259 g/mol. The fourth-order valence-electron chi connectivity index (χ4n) is 1.17. The van der Waals surface area contributed by atoms with Crippen LogP contribution in [0.5, 0.6) is 0 Å². The van der Waals surface area contributed by atoms with E-state index in [0.717, 1.165) is 0 Å². The number of ether oxygens (including phenoxy) is 1. The summed E-state index contributed by atoms with van der Waals surface area (Å²) in [5.41, 5.74) is -0.0374. The zero-order valence-corrected chi connectivity index (χ0v) is 10.0. The second kappa shape index (κ2) is 5.65. The normalized spacial score (nSPS) is 11.1. The first-order valence-corrected chi connectivity index (χ1v) is 6.43. The zero-order valence-electron chi connectivity index (χ0n) is 9.21. The van der Waals surface area contributed by atoms with Crippen LogP contribution in [0, 0.1) is 0 Å². The Morgan fingerprint density at radius 3 is 2.65 bits per heavy atom. The van der Waals surface area contributed by atoms with Crippen LogP contribution in [-0.4, -0.2) is 39.0 Å². The van der Waals surface area contributed by atoms with E-state index in [4.69, 9.17) is 5.11 Å². The van der Waals surface area contributed by atoms with Gasteiger partial charge in [-0.25, -0.2) is 13.2 Å². The Morgan fingerprint density at radius 1 is 1.41 bits per heavy atom. The molecule has 1 rings (SSSR count). The molecular formula is C10H13NO5S. The minimum Gasteiger partial charge on any atom is -0.478 e. The molecule has 7 heteroatoms. The van der Waals surface area contributed by atoms with Gasteiger partial charge in [0.05, 0.1) is 23.6 Å². The van der Waals surface area contributed by atoms with Crippen molar-refractivity contribution in [1.82, 2.24) is 0 Å². The lowest BCUT2D eigenvalue weighted by molar-refractivity contribution is 0.0698. The molecule has 0 spiro atoms. The Kier molecular flexibility index (Phi) is 4.47. The van der Waals surface area contributed by atoms with Crippen molar-refractivity contribution in [3.63, 3.8) is 0 Å². The van der Waals surface area contributed by atoms with Crippen molar-refractivity contribution in [1.29, 1.82) is 0 Å². The van der Waals surface area contributed by atoms with Gasteiger partial charge >= 0.3 is 5.97 Å². The van der Waals surface area contributed by atoms with Crippen LogP contribution in [0.25, 0.3) is 0 Å². The zero-order chi connectivity index (χ0) is 12.9. The molecule has 1 aromatic rings. The van der Waals surface area contributed by atoms with E-state index in [-0.39, 0.29) is 23.6 Å². The fourth-order valence-corrected chi connectivity index (χ4v) is 2.17. The average Bonchev–Trinajstić information content (AvgIpc) is 2.26. The smallest absolute Gasteiger partial charge is 0.337 e. The number of hydrogen-bond acceptors (Lipinski definition) is 4. The van der Waals surface area contributed by atoms with Crippen LogP contribution in [0.2, 0.25) is 0 Å². The molecule has 0 bridgehead atoms. The Morgan fingerprint density at radius 2 is 2.06 bits per heavy atom. The van der Waals surface area contributed by atoms with Crippen molar-refractivity contribution >= 4 is 21.7 Å². The number of nitrogens with one attached hydrogen (secondary N) is 1. The first kappa shape index (κ1) is 13.5. The first-order valence-electron chi connectivity index (χ1n) is 4.78. The van der Waals surface area contributed by atoms with E-state index in [1.165, 1.54) is 25.3 Å². The lowest BCUT2D eigenvalue weighted by Gasteiger charge is -2.09. The van der Waals surface area contributed by atoms with Gasteiger partial charge in [-0.05, 0) is 12.1 Å². The molecule has 0 aliphatic rings. The monoisotopic (exact) mass is 259 g/mol. The lowest BCUT2D eigenvalue weighted by atomic mass is 10.2. The summed E-state index contributed by atoms with van der Waals surface area (Å²) < 4.78 is 30.0. The number of hydrogen-bond donors (Lipinski definition) is 2. The summed E-state index contributed by atoms with van der Waals surface area (Å²) in [4.78, 5) is 10.9. The van der Waals surface area contributed by atoms with Crippen LogP contribution in [0.4, 0.5) is 5.69 Å². The fraction of sp³-hybridized carbons (Fsp3) is 0.300. The lowest BCUT2D eigenvalue weighted by Crippen LogP contribution is -2.21. The SMILES string of the molecule is COCCS(=O)(=O)Nc1ccccc1C(=O)O. The topological polar surface area (TPSA) is 92.7 Å². The third-order valence-electron chi connectivity index (χ3n) is 1.98. The van der Waals surface area contributed by atoms with Gasteiger partial charge < -0.3 is 9.84 Å². The van der Waals surface area contributed by atoms with Crippen molar-refractivity contribution in [2.75, 3.05) is 24.2 Å². The van der Waals surface area contributed by atoms with Crippen LogP contribution in [0.3, 0.4) is 0 Å². The molecule has 0 amide bonds. The van der Waals surface area contributed by atoms with Gasteiger partial charge in [-0.15, -0.1) is 0 Å². The summed E-state index contributed by atoms with van der Waals surface area (Å²) in [6.07, 6.45) is 0. The van der Waals surface area contributed by atoms with E-state index in [0.29, 0.717) is 0 Å². The summed E-state index contributed by atoms with van der Waals surface area (Å²) in [7, 11) is -2.20. The molecule has 0 unspecified atom stereocenters. The number of rotatable bonds is 6. The van der Waals surface area contributed by atoms with Crippen LogP contribution in [0.15, 0.2) is 24.3 Å². The number of methoxy groups -OCH3 is 1. The number of benzene rings is 1. The van der Waals surface area contributed by atoms with Gasteiger partial charge in [-0.2, -0.15) is 0 Å². The van der Waals surface area contributed by atoms with Crippen molar-refractivity contribution < 1.29 is 23.1 Å². The molecule has 0 heterocycles. The summed E-state index contributed by atoms with van der Waals surface area (Å²) in [6.45, 7) is 0.0462. The molecule has 0 aliphatic heterocycles. The van der Waals surface area contributed by atoms with E-state index < -0.39 is 16.0 Å². The van der Waals surface area contributed by atoms with Gasteiger partial charge in [0.15, 0.2) is 0 Å². The summed E-state index contributed by atoms with van der Waals surface area (Å²) >= 11 is 0. The molecule has 6 nitrogen and oxygen atoms in total. The molecule has 2 N–H and O–H groups in total. The maximum Gasteiger partial charge on any atom is 0.337 e. The Labute approximate surface area is 99.3 Å². The Hall–Kier alpha value is -1.60. The van der Waals surface area contributed by atoms with Crippen LogP contribution < -0.4 is 4.72 Å². The van der Waals surface area contributed by atoms with Gasteiger partial charge in [-0.3, -0.25) is 4.72 Å². The largest absolute Gasteiger partial charge is 0.478 e. The predicted octanol–water partition coefficient (Wildman–Crippen LogP) is 0.773. The molecular weight excluding hydrogens is 246 g/mol. The van der Waals surface area contributed by atoms with E-state index in [1.54, 1.807) is 6.07 Å². The summed E-state index contributed by atoms with van der Waals surface area (Å²) in [5.74, 6) is -1.41. The molecule has 0 fully saturated rings. The summed E-state index contributed by atoms with van der Waals surface area (Å²) in [6, 6.07) is 5.81. The highest BCUT2D eigenvalue weighted by atomic mass is 32.2. The van der Waals surface area contributed by atoms with Gasteiger partial charge in [0.25, 0.3) is 0 Å². The quantitative estimate of drug-likeness (QED) is 0.787. The van der Waals surface area contributed by atoms with Crippen molar-refractivity contribution in [3.8, 4) is 0 Å². The van der Waals surface area contributed by atoms with E-state index in [2.05, 4.69) is 9.46 Å². The second-order valence-electron chi connectivity index (χ2n) is 3.26.